The molecule has 2 amide bonds. The van der Waals surface area contributed by atoms with Gasteiger partial charge < -0.3 is 10.1 Å². The van der Waals surface area contributed by atoms with Crippen LogP contribution in [0.2, 0.25) is 0 Å². The fourth-order valence-corrected chi connectivity index (χ4v) is 5.45. The molecule has 0 spiro atoms. The molecule has 5 rings (SSSR count). The first-order valence-electron chi connectivity index (χ1n) is 9.26. The van der Waals surface area contributed by atoms with Gasteiger partial charge in [-0.25, -0.2) is 10.2 Å². The summed E-state index contributed by atoms with van der Waals surface area (Å²) in [5.41, 5.74) is 2.93. The molecule has 0 radical (unpaired) electrons. The van der Waals surface area contributed by atoms with Gasteiger partial charge >= 0.3 is 12.4 Å². The first-order valence-corrected chi connectivity index (χ1v) is 9.26. The van der Waals surface area contributed by atoms with E-state index in [1.54, 1.807) is 0 Å². The van der Waals surface area contributed by atoms with Crippen LogP contribution in [0.4, 0.5) is 18.0 Å². The third kappa shape index (κ3) is 4.36. The van der Waals surface area contributed by atoms with E-state index in [4.69, 9.17) is 0 Å². The summed E-state index contributed by atoms with van der Waals surface area (Å²) in [6.07, 6.45) is 3.73. The summed E-state index contributed by atoms with van der Waals surface area (Å²) in [5, 5.41) is 7.03. The van der Waals surface area contributed by atoms with Gasteiger partial charge in [0.25, 0.3) is 0 Å². The van der Waals surface area contributed by atoms with Gasteiger partial charge in [0.05, 0.1) is 6.21 Å². The van der Waals surface area contributed by atoms with E-state index in [1.807, 2.05) is 0 Å². The van der Waals surface area contributed by atoms with Crippen LogP contribution in [0.3, 0.4) is 0 Å². The number of benzene rings is 1. The van der Waals surface area contributed by atoms with Crippen LogP contribution >= 0.6 is 0 Å². The number of alkyl halides is 3. The Bertz CT molecular complexity index is 695. The number of urea groups is 1. The van der Waals surface area contributed by atoms with Gasteiger partial charge in [0, 0.05) is 5.54 Å². The van der Waals surface area contributed by atoms with Crippen LogP contribution < -0.4 is 15.5 Å². The quantitative estimate of drug-likeness (QED) is 0.607. The van der Waals surface area contributed by atoms with Gasteiger partial charge in [0.15, 0.2) is 0 Å². The van der Waals surface area contributed by atoms with Gasteiger partial charge in [-0.15, -0.1) is 13.2 Å². The molecule has 8 heteroatoms. The molecule has 2 N–H and O–H groups in total. The largest absolute Gasteiger partial charge is 0.573 e. The molecule has 0 heterocycles. The summed E-state index contributed by atoms with van der Waals surface area (Å²) in [6, 6.07) is 4.94. The lowest BCUT2D eigenvalue weighted by Crippen LogP contribution is -2.61. The highest BCUT2D eigenvalue weighted by Gasteiger charge is 2.51. The number of hydrazone groups is 1. The number of carbonyl (C=O) groups is 1. The number of nitrogens with one attached hydrogen (secondary N) is 2. The average molecular weight is 381 g/mol. The molecule has 4 fully saturated rings. The van der Waals surface area contributed by atoms with Crippen molar-refractivity contribution in [3.05, 3.63) is 29.8 Å². The predicted octanol–water partition coefficient (Wildman–Crippen LogP) is 4.19. The zero-order chi connectivity index (χ0) is 19.1. The summed E-state index contributed by atoms with van der Waals surface area (Å²) in [5.74, 6) is 1.90. The second kappa shape index (κ2) is 6.73. The molecule has 146 valence electrons. The Kier molecular flexibility index (Phi) is 4.52. The van der Waals surface area contributed by atoms with Crippen molar-refractivity contribution in [3.8, 4) is 5.75 Å². The molecule has 0 unspecified atom stereocenters. The molecule has 5 nitrogen and oxygen atoms in total. The Hall–Kier alpha value is -2.25. The van der Waals surface area contributed by atoms with Crippen molar-refractivity contribution in [2.75, 3.05) is 0 Å². The Morgan fingerprint density at radius 2 is 1.63 bits per heavy atom. The smallest absolute Gasteiger partial charge is 0.406 e. The molecule has 4 bridgehead atoms. The maximum atomic E-state index is 12.2. The number of rotatable bonds is 4. The molecule has 1 aromatic rings. The number of carbonyl (C=O) groups excluding carboxylic acids is 1. The standard InChI is InChI=1S/C19H22F3N3O2/c20-19(21,22)27-16-3-1-12(2-4-16)11-23-25-17(26)24-18-8-13-5-14(9-18)7-15(6-13)10-18/h1-4,11,13-15H,5-10H2,(H2,24,25,26)/b23-11+. The molecule has 1 aromatic carbocycles. The topological polar surface area (TPSA) is 62.7 Å². The van der Waals surface area contributed by atoms with Crippen LogP contribution in [0.5, 0.6) is 5.75 Å². The van der Waals surface area contributed by atoms with Crippen molar-refractivity contribution in [2.45, 2.75) is 50.4 Å². The zero-order valence-electron chi connectivity index (χ0n) is 14.8. The Balaban J connectivity index is 1.29. The van der Waals surface area contributed by atoms with Crippen molar-refractivity contribution in [2.24, 2.45) is 22.9 Å². The molecular weight excluding hydrogens is 359 g/mol. The number of ether oxygens (including phenoxy) is 1. The van der Waals surface area contributed by atoms with E-state index in [0.29, 0.717) is 5.56 Å². The molecule has 0 aliphatic heterocycles. The third-order valence-electron chi connectivity index (χ3n) is 5.91. The van der Waals surface area contributed by atoms with E-state index in [0.717, 1.165) is 37.0 Å². The average Bonchev–Trinajstić information content (AvgIpc) is 2.53. The van der Waals surface area contributed by atoms with Gasteiger partial charge in [0.2, 0.25) is 0 Å². The highest BCUT2D eigenvalue weighted by Crippen LogP contribution is 2.55. The van der Waals surface area contributed by atoms with E-state index in [9.17, 15) is 18.0 Å². The fraction of sp³-hybridized carbons (Fsp3) is 0.579. The lowest BCUT2D eigenvalue weighted by atomic mass is 9.53. The van der Waals surface area contributed by atoms with Crippen LogP contribution in [0, 0.1) is 17.8 Å². The van der Waals surface area contributed by atoms with E-state index >= 15 is 0 Å². The summed E-state index contributed by atoms with van der Waals surface area (Å²) >= 11 is 0. The van der Waals surface area contributed by atoms with Gasteiger partial charge in [0.1, 0.15) is 5.75 Å². The maximum Gasteiger partial charge on any atom is 0.573 e. The molecule has 0 aromatic heterocycles. The first-order chi connectivity index (χ1) is 12.8. The van der Waals surface area contributed by atoms with Gasteiger partial charge in [-0.1, -0.05) is 0 Å². The second-order valence-corrected chi connectivity index (χ2v) is 8.14. The van der Waals surface area contributed by atoms with Crippen molar-refractivity contribution in [3.63, 3.8) is 0 Å². The minimum Gasteiger partial charge on any atom is -0.406 e. The molecule has 0 saturated heterocycles. The lowest BCUT2D eigenvalue weighted by molar-refractivity contribution is -0.274. The van der Waals surface area contributed by atoms with E-state index in [2.05, 4.69) is 20.6 Å². The first kappa shape index (κ1) is 18.1. The molecule has 4 aliphatic carbocycles. The third-order valence-corrected chi connectivity index (χ3v) is 5.91. The minimum atomic E-state index is -4.72. The van der Waals surface area contributed by atoms with Crippen LogP contribution in [0.25, 0.3) is 0 Å². The zero-order valence-corrected chi connectivity index (χ0v) is 14.8. The van der Waals surface area contributed by atoms with Crippen LogP contribution in [0.1, 0.15) is 44.1 Å². The highest BCUT2D eigenvalue weighted by atomic mass is 19.4. The van der Waals surface area contributed by atoms with Gasteiger partial charge in [-0.05, 0) is 86.1 Å². The Morgan fingerprint density at radius 3 is 2.15 bits per heavy atom. The molecule has 4 saturated carbocycles. The van der Waals surface area contributed by atoms with Crippen molar-refractivity contribution >= 4 is 12.2 Å². The number of halogens is 3. The minimum absolute atomic E-state index is 0.0923. The summed E-state index contributed by atoms with van der Waals surface area (Å²) < 4.78 is 40.2. The van der Waals surface area contributed by atoms with Gasteiger partial charge in [-0.2, -0.15) is 5.10 Å². The SMILES string of the molecule is O=C(N/N=C/c1ccc(OC(F)(F)F)cc1)NC12CC3CC(CC(C3)C1)C2. The number of hydrogen-bond acceptors (Lipinski definition) is 3. The van der Waals surface area contributed by atoms with Crippen LogP contribution in [0.15, 0.2) is 29.4 Å². The molecule has 4 aliphatic rings. The van der Waals surface area contributed by atoms with E-state index < -0.39 is 6.36 Å². The monoisotopic (exact) mass is 381 g/mol. The lowest BCUT2D eigenvalue weighted by Gasteiger charge is -2.56. The maximum absolute atomic E-state index is 12.2. The van der Waals surface area contributed by atoms with Crippen molar-refractivity contribution < 1.29 is 22.7 Å². The van der Waals surface area contributed by atoms with E-state index in [1.165, 1.54) is 49.7 Å². The predicted molar refractivity (Wildman–Crippen MR) is 93.3 cm³/mol. The van der Waals surface area contributed by atoms with Gasteiger partial charge in [-0.3, -0.25) is 0 Å². The molecular formula is C19H22F3N3O2. The summed E-state index contributed by atoms with van der Waals surface area (Å²) in [4.78, 5) is 12.2. The van der Waals surface area contributed by atoms with Crippen molar-refractivity contribution in [1.29, 1.82) is 0 Å². The normalized spacial score (nSPS) is 31.9. The number of nitrogens with zero attached hydrogens (tertiary/aromatic N) is 1. The van der Waals surface area contributed by atoms with Crippen LogP contribution in [-0.4, -0.2) is 24.1 Å². The second-order valence-electron chi connectivity index (χ2n) is 8.14. The number of hydrogen-bond donors (Lipinski definition) is 2. The number of amides is 2. The summed E-state index contributed by atoms with van der Waals surface area (Å²) in [6.45, 7) is 0. The Labute approximate surface area is 155 Å². The van der Waals surface area contributed by atoms with Crippen molar-refractivity contribution in [1.82, 2.24) is 10.7 Å². The molecule has 0 atom stereocenters. The van der Waals surface area contributed by atoms with E-state index in [-0.39, 0.29) is 17.3 Å². The van der Waals surface area contributed by atoms with Crippen LogP contribution in [-0.2, 0) is 0 Å². The summed E-state index contributed by atoms with van der Waals surface area (Å²) in [7, 11) is 0. The Morgan fingerprint density at radius 1 is 1.07 bits per heavy atom. The molecule has 27 heavy (non-hydrogen) atoms. The fourth-order valence-electron chi connectivity index (χ4n) is 5.45. The highest BCUT2D eigenvalue weighted by molar-refractivity contribution is 5.82.